The van der Waals surface area contributed by atoms with Crippen LogP contribution in [0.2, 0.25) is 0 Å². The first-order valence-electron chi connectivity index (χ1n) is 13.8. The Balaban J connectivity index is 1.41. The van der Waals surface area contributed by atoms with Crippen LogP contribution in [0.4, 0.5) is 22.0 Å². The number of amides is 2. The van der Waals surface area contributed by atoms with E-state index in [-0.39, 0.29) is 39.8 Å². The third kappa shape index (κ3) is 5.00. The van der Waals surface area contributed by atoms with Crippen LogP contribution in [0.1, 0.15) is 46.1 Å². The second-order valence-electron chi connectivity index (χ2n) is 11.1. The second-order valence-corrected chi connectivity index (χ2v) is 11.1. The molecule has 4 aromatic rings. The van der Waals surface area contributed by atoms with E-state index in [0.29, 0.717) is 11.7 Å². The number of nitrogens with one attached hydrogen (secondary N) is 1. The van der Waals surface area contributed by atoms with Crippen molar-refractivity contribution < 1.29 is 46.1 Å². The maximum atomic E-state index is 14.7. The molecule has 6 rings (SSSR count). The van der Waals surface area contributed by atoms with E-state index in [4.69, 9.17) is 15.2 Å². The Bertz CT molecular complexity index is 1820. The van der Waals surface area contributed by atoms with Gasteiger partial charge in [-0.2, -0.15) is 13.2 Å². The molecule has 15 heteroatoms. The first-order valence-corrected chi connectivity index (χ1v) is 13.8. The van der Waals surface area contributed by atoms with Crippen LogP contribution in [0, 0.1) is 5.82 Å². The topological polar surface area (TPSA) is 141 Å². The molecule has 2 amide bonds. The second kappa shape index (κ2) is 10.7. The minimum atomic E-state index is -5.45. The molecular formula is C30H26F5N5O5. The number of halogens is 5. The highest BCUT2D eigenvalue weighted by Gasteiger charge is 2.58. The van der Waals surface area contributed by atoms with Gasteiger partial charge in [-0.1, -0.05) is 0 Å². The largest absolute Gasteiger partial charge is 0.493 e. The molecule has 1 unspecified atom stereocenters. The monoisotopic (exact) mass is 631 g/mol. The number of aromatic nitrogens is 3. The van der Waals surface area contributed by atoms with Crippen LogP contribution in [0.3, 0.4) is 0 Å². The van der Waals surface area contributed by atoms with Gasteiger partial charge in [-0.05, 0) is 49.2 Å². The number of nitrogens with zero attached hydrogens (tertiary/aromatic N) is 3. The van der Waals surface area contributed by atoms with Crippen LogP contribution >= 0.6 is 0 Å². The lowest BCUT2D eigenvalue weighted by molar-refractivity contribution is -0.265. The molecule has 10 nitrogen and oxygen atoms in total. The van der Waals surface area contributed by atoms with E-state index in [0.717, 1.165) is 30.7 Å². The normalized spacial score (nSPS) is 19.1. The van der Waals surface area contributed by atoms with E-state index in [9.17, 15) is 36.6 Å². The van der Waals surface area contributed by atoms with Gasteiger partial charge in [0.05, 0.1) is 30.6 Å². The van der Waals surface area contributed by atoms with Gasteiger partial charge in [0.2, 0.25) is 11.5 Å². The van der Waals surface area contributed by atoms with Crippen molar-refractivity contribution in [2.45, 2.75) is 36.0 Å². The van der Waals surface area contributed by atoms with Crippen LogP contribution in [0.25, 0.3) is 16.9 Å². The Morgan fingerprint density at radius 3 is 2.49 bits per heavy atom. The van der Waals surface area contributed by atoms with Crippen LogP contribution in [0.5, 0.6) is 11.5 Å². The molecule has 4 N–H and O–H groups in total. The summed E-state index contributed by atoms with van der Waals surface area (Å²) in [6.45, 7) is -3.50. The molecule has 1 saturated carbocycles. The van der Waals surface area contributed by atoms with Crippen molar-refractivity contribution in [3.63, 3.8) is 0 Å². The maximum absolute atomic E-state index is 14.7. The van der Waals surface area contributed by atoms with Crippen LogP contribution in [0.15, 0.2) is 48.8 Å². The number of methoxy groups -OCH3 is 1. The van der Waals surface area contributed by atoms with Gasteiger partial charge < -0.3 is 30.0 Å². The summed E-state index contributed by atoms with van der Waals surface area (Å²) in [6, 6.07) is 6.40. The molecule has 0 saturated heterocycles. The molecule has 0 radical (unpaired) electrons. The number of ether oxygens (including phenoxy) is 2. The van der Waals surface area contributed by atoms with Crippen LogP contribution in [-0.2, 0) is 15.8 Å². The number of fused-ring (bicyclic) bond motifs is 2. The average molecular weight is 632 g/mol. The zero-order valence-electron chi connectivity index (χ0n) is 23.6. The number of rotatable bonds is 9. The van der Waals surface area contributed by atoms with Crippen LogP contribution < -0.4 is 20.5 Å². The predicted octanol–water partition coefficient (Wildman–Crippen LogP) is 3.69. The Morgan fingerprint density at radius 1 is 1.18 bits per heavy atom. The minimum absolute atomic E-state index is 0.0495. The molecule has 45 heavy (non-hydrogen) atoms. The zero-order chi connectivity index (χ0) is 32.3. The van der Waals surface area contributed by atoms with Gasteiger partial charge in [0, 0.05) is 29.4 Å². The van der Waals surface area contributed by atoms with Crippen molar-refractivity contribution in [2.75, 3.05) is 26.9 Å². The van der Waals surface area contributed by atoms with Crippen molar-refractivity contribution >= 4 is 17.5 Å². The molecule has 3 aromatic heterocycles. The average Bonchev–Trinajstić information content (AvgIpc) is 3.65. The highest BCUT2D eigenvalue weighted by molar-refractivity contribution is 5.95. The smallest absolute Gasteiger partial charge is 0.424 e. The molecule has 236 valence electrons. The molecule has 0 bridgehead atoms. The summed E-state index contributed by atoms with van der Waals surface area (Å²) in [5.41, 5.74) is -1.16. The van der Waals surface area contributed by atoms with E-state index in [1.54, 1.807) is 6.20 Å². The molecule has 2 atom stereocenters. The molecule has 1 fully saturated rings. The summed E-state index contributed by atoms with van der Waals surface area (Å²) in [5.74, 6) is -2.63. The number of imidazole rings is 1. The van der Waals surface area contributed by atoms with Gasteiger partial charge >= 0.3 is 6.18 Å². The number of carbonyl (C=O) groups excluding carboxylic acids is 2. The zero-order valence-corrected chi connectivity index (χ0v) is 23.6. The number of hydrogen-bond acceptors (Lipinski definition) is 7. The summed E-state index contributed by atoms with van der Waals surface area (Å²) in [4.78, 5) is 34.1. The van der Waals surface area contributed by atoms with Crippen molar-refractivity contribution in [1.29, 1.82) is 0 Å². The Kier molecular flexibility index (Phi) is 7.18. The summed E-state index contributed by atoms with van der Waals surface area (Å²) in [6.07, 6.45) is -0.432. The fourth-order valence-electron chi connectivity index (χ4n) is 5.29. The molecular weight excluding hydrogens is 605 g/mol. The van der Waals surface area contributed by atoms with Gasteiger partial charge in [0.1, 0.15) is 36.0 Å². The lowest BCUT2D eigenvalue weighted by atomic mass is 9.81. The standard InChI is InChI=1S/C30H26F5N5O5/c1-44-21-8-17(10-40-11-20(15-2-3-15)38-25(21)40)26(41)37-13-29(43,30(33,34)35)22-9-19-24(45-14-28(19,12-31)27(36)42)23(39-22)16-4-6-18(32)7-5-16/h4-11,15,43H,2-3,12-14H2,1H3,(H2,36,42)(H,37,41)/t28-,29?/m1/s1. The van der Waals surface area contributed by atoms with Crippen LogP contribution in [-0.4, -0.2) is 64.4 Å². The molecule has 1 aromatic carbocycles. The Hall–Kier alpha value is -4.79. The van der Waals surface area contributed by atoms with Crippen molar-refractivity contribution in [3.05, 3.63) is 77.1 Å². The van der Waals surface area contributed by atoms with Gasteiger partial charge in [-0.3, -0.25) is 9.59 Å². The lowest BCUT2D eigenvalue weighted by Crippen LogP contribution is -2.52. The number of carbonyl (C=O) groups is 2. The molecule has 4 heterocycles. The predicted molar refractivity (Wildman–Crippen MR) is 148 cm³/mol. The van der Waals surface area contributed by atoms with Crippen molar-refractivity contribution in [3.8, 4) is 22.8 Å². The molecule has 1 aliphatic heterocycles. The third-order valence-electron chi connectivity index (χ3n) is 8.18. The minimum Gasteiger partial charge on any atom is -0.493 e. The van der Waals surface area contributed by atoms with Crippen molar-refractivity contribution in [1.82, 2.24) is 19.7 Å². The number of alkyl halides is 4. The molecule has 1 aliphatic carbocycles. The van der Waals surface area contributed by atoms with Gasteiger partial charge in [0.15, 0.2) is 11.4 Å². The number of aliphatic hydroxyl groups is 1. The van der Waals surface area contributed by atoms with Gasteiger partial charge in [-0.15, -0.1) is 0 Å². The van der Waals surface area contributed by atoms with E-state index < -0.39 is 60.3 Å². The van der Waals surface area contributed by atoms with Gasteiger partial charge in [0.25, 0.3) is 5.91 Å². The van der Waals surface area contributed by atoms with Gasteiger partial charge in [-0.25, -0.2) is 18.7 Å². The van der Waals surface area contributed by atoms with E-state index in [2.05, 4.69) is 15.3 Å². The highest BCUT2D eigenvalue weighted by Crippen LogP contribution is 2.48. The summed E-state index contributed by atoms with van der Waals surface area (Å²) < 4.78 is 84.6. The first-order chi connectivity index (χ1) is 21.3. The summed E-state index contributed by atoms with van der Waals surface area (Å²) in [7, 11) is 1.36. The molecule has 2 aliphatic rings. The number of nitrogens with two attached hydrogens (primary N) is 1. The van der Waals surface area contributed by atoms with E-state index in [1.807, 2.05) is 0 Å². The third-order valence-corrected chi connectivity index (χ3v) is 8.18. The van der Waals surface area contributed by atoms with E-state index >= 15 is 0 Å². The lowest BCUT2D eigenvalue weighted by Gasteiger charge is -2.31. The maximum Gasteiger partial charge on any atom is 0.424 e. The summed E-state index contributed by atoms with van der Waals surface area (Å²) >= 11 is 0. The first kappa shape index (κ1) is 30.2. The Labute approximate surface area is 252 Å². The number of hydrogen-bond donors (Lipinski definition) is 3. The highest BCUT2D eigenvalue weighted by atomic mass is 19.4. The fraction of sp³-hybridized carbons (Fsp3) is 0.333. The fourth-order valence-corrected chi connectivity index (χ4v) is 5.29. The number of benzene rings is 1. The Morgan fingerprint density at radius 2 is 1.89 bits per heavy atom. The number of primary amides is 1. The number of pyridine rings is 2. The summed E-state index contributed by atoms with van der Waals surface area (Å²) in [5, 5.41) is 13.3. The quantitative estimate of drug-likeness (QED) is 0.240. The SMILES string of the molecule is COc1cc(C(=O)NCC(O)(c2cc3c(c(-c4ccc(F)cc4)n2)OC[C@@]3(CF)C(N)=O)C(F)(F)F)cn2cc(C3CC3)nc12. The molecule has 0 spiro atoms. The van der Waals surface area contributed by atoms with E-state index in [1.165, 1.54) is 35.9 Å². The van der Waals surface area contributed by atoms with Crippen molar-refractivity contribution in [2.24, 2.45) is 5.73 Å².